The molecule has 0 saturated carbocycles. The highest BCUT2D eigenvalue weighted by Crippen LogP contribution is 2.28. The van der Waals surface area contributed by atoms with E-state index in [0.29, 0.717) is 5.56 Å². The molecule has 0 fully saturated rings. The molecule has 0 bridgehead atoms. The largest absolute Gasteiger partial charge is 0.478 e. The fourth-order valence-electron chi connectivity index (χ4n) is 2.87. The lowest BCUT2D eigenvalue weighted by Crippen LogP contribution is -2.31. The van der Waals surface area contributed by atoms with Crippen molar-refractivity contribution in [2.75, 3.05) is 13.1 Å². The van der Waals surface area contributed by atoms with Crippen LogP contribution in [0.5, 0.6) is 0 Å². The Hall–Kier alpha value is -2.14. The summed E-state index contributed by atoms with van der Waals surface area (Å²) in [6, 6.07) is 6.92. The van der Waals surface area contributed by atoms with Crippen LogP contribution in [0.1, 0.15) is 35.0 Å². The molecule has 0 amide bonds. The molecular weight excluding hydrogens is 266 g/mol. The van der Waals surface area contributed by atoms with E-state index in [2.05, 4.69) is 22.0 Å². The molecule has 0 radical (unpaired) electrons. The van der Waals surface area contributed by atoms with Gasteiger partial charge in [-0.25, -0.2) is 4.79 Å². The van der Waals surface area contributed by atoms with Gasteiger partial charge in [-0.05, 0) is 25.1 Å². The predicted octanol–water partition coefficient (Wildman–Crippen LogP) is 2.54. The van der Waals surface area contributed by atoms with Gasteiger partial charge >= 0.3 is 5.97 Å². The van der Waals surface area contributed by atoms with E-state index >= 15 is 0 Å². The number of aromatic amines is 1. The maximum atomic E-state index is 10.9. The van der Waals surface area contributed by atoms with Crippen molar-refractivity contribution in [3.63, 3.8) is 0 Å². The smallest absolute Gasteiger partial charge is 0.335 e. The summed E-state index contributed by atoms with van der Waals surface area (Å²) in [5.74, 6) is -0.903. The number of aromatic carboxylic acids is 1. The molecule has 1 aliphatic heterocycles. The van der Waals surface area contributed by atoms with Crippen molar-refractivity contribution in [2.24, 2.45) is 0 Å². The third-order valence-electron chi connectivity index (χ3n) is 3.96. The summed E-state index contributed by atoms with van der Waals surface area (Å²) < 4.78 is 0. The number of carboxylic acids is 1. The van der Waals surface area contributed by atoms with Gasteiger partial charge in [0.15, 0.2) is 0 Å². The maximum Gasteiger partial charge on any atom is 0.335 e. The van der Waals surface area contributed by atoms with Gasteiger partial charge in [0, 0.05) is 36.3 Å². The first kappa shape index (κ1) is 13.8. The summed E-state index contributed by atoms with van der Waals surface area (Å²) in [6.45, 7) is 5.27. The molecule has 5 heteroatoms. The lowest BCUT2D eigenvalue weighted by molar-refractivity contribution is 0.0697. The first-order valence-corrected chi connectivity index (χ1v) is 7.31. The molecule has 5 nitrogen and oxygen atoms in total. The number of aromatic nitrogens is 2. The van der Waals surface area contributed by atoms with Crippen LogP contribution in [0.25, 0.3) is 11.3 Å². The minimum atomic E-state index is -0.903. The Labute approximate surface area is 123 Å². The number of hydrogen-bond donors (Lipinski definition) is 2. The van der Waals surface area contributed by atoms with Crippen LogP contribution < -0.4 is 0 Å². The third kappa shape index (κ3) is 2.69. The summed E-state index contributed by atoms with van der Waals surface area (Å²) in [7, 11) is 0. The van der Waals surface area contributed by atoms with Crippen LogP contribution >= 0.6 is 0 Å². The van der Waals surface area contributed by atoms with E-state index < -0.39 is 5.97 Å². The van der Waals surface area contributed by atoms with Crippen LogP contribution in [0.4, 0.5) is 0 Å². The second kappa shape index (κ2) is 5.69. The summed E-state index contributed by atoms with van der Waals surface area (Å²) in [5.41, 5.74) is 4.67. The molecule has 21 heavy (non-hydrogen) atoms. The molecule has 2 N–H and O–H groups in total. The molecule has 3 rings (SSSR count). The van der Waals surface area contributed by atoms with Gasteiger partial charge in [-0.1, -0.05) is 19.1 Å². The van der Waals surface area contributed by atoms with E-state index in [1.165, 1.54) is 11.3 Å². The fourth-order valence-corrected chi connectivity index (χ4v) is 2.87. The van der Waals surface area contributed by atoms with Gasteiger partial charge in [-0.3, -0.25) is 10.00 Å². The van der Waals surface area contributed by atoms with Crippen LogP contribution in [0.15, 0.2) is 24.3 Å². The second-order valence-electron chi connectivity index (χ2n) is 5.44. The van der Waals surface area contributed by atoms with Crippen molar-refractivity contribution < 1.29 is 9.90 Å². The molecule has 0 saturated heterocycles. The Morgan fingerprint density at radius 3 is 2.81 bits per heavy atom. The summed E-state index contributed by atoms with van der Waals surface area (Å²) in [4.78, 5) is 13.4. The number of hydrogen-bond acceptors (Lipinski definition) is 3. The van der Waals surface area contributed by atoms with Gasteiger partial charge in [-0.15, -0.1) is 0 Å². The van der Waals surface area contributed by atoms with Crippen molar-refractivity contribution in [2.45, 2.75) is 26.3 Å². The molecule has 0 spiro atoms. The van der Waals surface area contributed by atoms with Gasteiger partial charge in [0.2, 0.25) is 0 Å². The Kier molecular flexibility index (Phi) is 3.75. The number of benzene rings is 1. The van der Waals surface area contributed by atoms with Gasteiger partial charge < -0.3 is 5.11 Å². The average molecular weight is 285 g/mol. The van der Waals surface area contributed by atoms with E-state index in [1.807, 2.05) is 12.1 Å². The number of carboxylic acid groups (broad SMARTS) is 1. The number of rotatable bonds is 4. The van der Waals surface area contributed by atoms with Gasteiger partial charge in [-0.2, -0.15) is 5.10 Å². The van der Waals surface area contributed by atoms with Gasteiger partial charge in [0.05, 0.1) is 11.3 Å². The quantitative estimate of drug-likeness (QED) is 0.905. The molecule has 110 valence electrons. The standard InChI is InChI=1S/C16H19N3O2/c1-2-8-19-9-7-14-13(10-19)15(18-17-14)11-3-5-12(6-4-11)16(20)21/h3-6H,2,7-10H2,1H3,(H,17,18)(H,20,21). The Balaban J connectivity index is 1.90. The topological polar surface area (TPSA) is 69.2 Å². The average Bonchev–Trinajstić information content (AvgIpc) is 2.91. The van der Waals surface area contributed by atoms with Gasteiger partial charge in [0.25, 0.3) is 0 Å². The summed E-state index contributed by atoms with van der Waals surface area (Å²) in [5, 5.41) is 16.5. The van der Waals surface area contributed by atoms with E-state index in [4.69, 9.17) is 5.11 Å². The van der Waals surface area contributed by atoms with Crippen LogP contribution in [0, 0.1) is 0 Å². The third-order valence-corrected chi connectivity index (χ3v) is 3.96. The van der Waals surface area contributed by atoms with Crippen LogP contribution in [0.3, 0.4) is 0 Å². The minimum absolute atomic E-state index is 0.302. The Bertz CT molecular complexity index is 646. The molecule has 0 atom stereocenters. The van der Waals surface area contributed by atoms with Crippen molar-refractivity contribution in [3.05, 3.63) is 41.1 Å². The monoisotopic (exact) mass is 285 g/mol. The normalized spacial score (nSPS) is 14.9. The first-order valence-electron chi connectivity index (χ1n) is 7.31. The van der Waals surface area contributed by atoms with Crippen LogP contribution in [-0.4, -0.2) is 39.3 Å². The number of H-pyrrole nitrogens is 1. The molecule has 1 aliphatic rings. The van der Waals surface area contributed by atoms with Crippen molar-refractivity contribution in [1.29, 1.82) is 0 Å². The molecule has 0 aliphatic carbocycles. The predicted molar refractivity (Wildman–Crippen MR) is 80.3 cm³/mol. The SMILES string of the molecule is CCCN1CCc2[nH]nc(-c3ccc(C(=O)O)cc3)c2C1. The Morgan fingerprint density at radius 2 is 2.14 bits per heavy atom. The van der Waals surface area contributed by atoms with E-state index in [-0.39, 0.29) is 0 Å². The lowest BCUT2D eigenvalue weighted by atomic mass is 10.00. The van der Waals surface area contributed by atoms with Crippen molar-refractivity contribution >= 4 is 5.97 Å². The fraction of sp³-hybridized carbons (Fsp3) is 0.375. The molecule has 1 aromatic carbocycles. The molecule has 2 aromatic rings. The summed E-state index contributed by atoms with van der Waals surface area (Å²) in [6.07, 6.45) is 2.14. The van der Waals surface area contributed by atoms with E-state index in [9.17, 15) is 4.79 Å². The zero-order valence-corrected chi connectivity index (χ0v) is 12.1. The van der Waals surface area contributed by atoms with Crippen LogP contribution in [-0.2, 0) is 13.0 Å². The zero-order chi connectivity index (χ0) is 14.8. The number of nitrogens with one attached hydrogen (secondary N) is 1. The van der Waals surface area contributed by atoms with E-state index in [0.717, 1.165) is 43.7 Å². The number of nitrogens with zero attached hydrogens (tertiary/aromatic N) is 2. The first-order chi connectivity index (χ1) is 10.2. The highest BCUT2D eigenvalue weighted by molar-refractivity contribution is 5.88. The lowest BCUT2D eigenvalue weighted by Gasteiger charge is -2.26. The van der Waals surface area contributed by atoms with Crippen molar-refractivity contribution in [3.8, 4) is 11.3 Å². The minimum Gasteiger partial charge on any atom is -0.478 e. The highest BCUT2D eigenvalue weighted by atomic mass is 16.4. The zero-order valence-electron chi connectivity index (χ0n) is 12.1. The maximum absolute atomic E-state index is 10.9. The molecule has 0 unspecified atom stereocenters. The van der Waals surface area contributed by atoms with Gasteiger partial charge in [0.1, 0.15) is 0 Å². The number of fused-ring (bicyclic) bond motifs is 1. The molecule has 2 heterocycles. The number of carbonyl (C=O) groups is 1. The Morgan fingerprint density at radius 1 is 1.38 bits per heavy atom. The van der Waals surface area contributed by atoms with Crippen molar-refractivity contribution in [1.82, 2.24) is 15.1 Å². The highest BCUT2D eigenvalue weighted by Gasteiger charge is 2.22. The summed E-state index contributed by atoms with van der Waals surface area (Å²) >= 11 is 0. The molecule has 1 aromatic heterocycles. The van der Waals surface area contributed by atoms with Crippen LogP contribution in [0.2, 0.25) is 0 Å². The molecular formula is C16H19N3O2. The second-order valence-corrected chi connectivity index (χ2v) is 5.44. The van der Waals surface area contributed by atoms with E-state index in [1.54, 1.807) is 12.1 Å².